The van der Waals surface area contributed by atoms with E-state index in [1.807, 2.05) is 0 Å². The number of hydrogen-bond acceptors (Lipinski definition) is 4. The van der Waals surface area contributed by atoms with Gasteiger partial charge in [-0.1, -0.05) is 48.5 Å². The third-order valence-electron chi connectivity index (χ3n) is 13.1. The lowest BCUT2D eigenvalue weighted by molar-refractivity contribution is -0.233. The molecule has 8 atom stereocenters. The van der Waals surface area contributed by atoms with E-state index in [0.29, 0.717) is 18.3 Å². The fourth-order valence-corrected chi connectivity index (χ4v) is 11.3. The van der Waals surface area contributed by atoms with Gasteiger partial charge in [0.05, 0.1) is 5.41 Å². The van der Waals surface area contributed by atoms with Gasteiger partial charge in [0.2, 0.25) is 0 Å². The van der Waals surface area contributed by atoms with Gasteiger partial charge in [0.15, 0.2) is 5.78 Å². The zero-order chi connectivity index (χ0) is 27.3. The van der Waals surface area contributed by atoms with Crippen LogP contribution in [0.2, 0.25) is 0 Å². The number of Topliss-reactive ketones (excluding diaryl/α,β-unsaturated/α-hetero) is 1. The normalized spacial score (nSPS) is 46.6. The van der Waals surface area contributed by atoms with Gasteiger partial charge in [-0.2, -0.15) is 0 Å². The van der Waals surface area contributed by atoms with E-state index in [4.69, 9.17) is 4.74 Å². The maximum Gasteiger partial charge on any atom is 0.314 e. The predicted molar refractivity (Wildman–Crippen MR) is 143 cm³/mol. The van der Waals surface area contributed by atoms with Gasteiger partial charge in [0.1, 0.15) is 6.10 Å². The first-order chi connectivity index (χ1) is 17.1. The zero-order valence-electron chi connectivity index (χ0n) is 24.3. The Morgan fingerprint density at radius 2 is 1.57 bits per heavy atom. The van der Waals surface area contributed by atoms with E-state index in [9.17, 15) is 19.5 Å². The fraction of sp³-hybridized carbons (Fsp3) is 0.844. The molecule has 5 nitrogen and oxygen atoms in total. The van der Waals surface area contributed by atoms with Crippen molar-refractivity contribution in [2.45, 2.75) is 119 Å². The summed E-state index contributed by atoms with van der Waals surface area (Å²) in [5, 5.41) is 10.5. The number of ketones is 1. The van der Waals surface area contributed by atoms with E-state index in [0.717, 1.165) is 56.1 Å². The lowest BCUT2D eigenvalue weighted by atomic mass is 9.33. The molecule has 4 saturated carbocycles. The number of ether oxygens (including phenoxy) is 1. The highest BCUT2D eigenvalue weighted by Gasteiger charge is 2.71. The van der Waals surface area contributed by atoms with Crippen molar-refractivity contribution < 1.29 is 24.2 Å². The number of hydrogen-bond donors (Lipinski definition) is 1. The summed E-state index contributed by atoms with van der Waals surface area (Å²) in [6.07, 6.45) is 7.82. The van der Waals surface area contributed by atoms with Gasteiger partial charge < -0.3 is 9.84 Å². The number of esters is 1. The highest BCUT2D eigenvalue weighted by Crippen LogP contribution is 2.76. The molecule has 5 heteroatoms. The van der Waals surface area contributed by atoms with Crippen LogP contribution in [-0.4, -0.2) is 28.9 Å². The molecule has 4 fully saturated rings. The number of carboxylic acids is 1. The lowest BCUT2D eigenvalue weighted by Crippen LogP contribution is -2.66. The molecule has 206 valence electrons. The summed E-state index contributed by atoms with van der Waals surface area (Å²) in [6, 6.07) is 0. The van der Waals surface area contributed by atoms with Crippen LogP contribution in [0.5, 0.6) is 0 Å². The lowest BCUT2D eigenvalue weighted by Gasteiger charge is -2.72. The highest BCUT2D eigenvalue weighted by atomic mass is 16.5. The van der Waals surface area contributed by atoms with Crippen molar-refractivity contribution in [3.8, 4) is 0 Å². The van der Waals surface area contributed by atoms with E-state index in [1.54, 1.807) is 0 Å². The molecule has 5 aliphatic rings. The van der Waals surface area contributed by atoms with Crippen LogP contribution in [0.15, 0.2) is 11.1 Å². The van der Waals surface area contributed by atoms with Gasteiger partial charge >= 0.3 is 11.9 Å². The maximum atomic E-state index is 13.3. The molecule has 0 aliphatic heterocycles. The average molecular weight is 513 g/mol. The molecular formula is C32H48O5. The summed E-state index contributed by atoms with van der Waals surface area (Å²) in [4.78, 5) is 38.0. The molecule has 0 bridgehead atoms. The Hall–Kier alpha value is -1.65. The minimum atomic E-state index is -0.991. The van der Waals surface area contributed by atoms with Gasteiger partial charge in [-0.15, -0.1) is 0 Å². The van der Waals surface area contributed by atoms with Crippen molar-refractivity contribution in [3.05, 3.63) is 11.1 Å². The Balaban J connectivity index is 1.57. The van der Waals surface area contributed by atoms with Crippen LogP contribution in [0.4, 0.5) is 0 Å². The van der Waals surface area contributed by atoms with E-state index in [1.165, 1.54) is 6.92 Å². The quantitative estimate of drug-likeness (QED) is 0.413. The largest absolute Gasteiger partial charge is 0.481 e. The standard InChI is InChI=1S/C32H48O5/c1-18(2)25-21(34)17-32(27(35)36)16-15-30(7)20(26(25)32)9-10-23-29(6)13-12-24(37-19(3)33)28(4,5)22(29)11-14-31(23,30)8/h18,20,22-24H,9-17H2,1-8H3,(H,35,36)/t20-,22+,23-,24?,29+,30-,31-,32-/m1/s1. The van der Waals surface area contributed by atoms with Gasteiger partial charge in [0, 0.05) is 18.8 Å². The molecule has 0 heterocycles. The van der Waals surface area contributed by atoms with Crippen molar-refractivity contribution >= 4 is 17.7 Å². The molecule has 5 aliphatic carbocycles. The maximum absolute atomic E-state index is 13.3. The second-order valence-electron chi connectivity index (χ2n) is 15.0. The van der Waals surface area contributed by atoms with Crippen LogP contribution in [0.3, 0.4) is 0 Å². The Labute approximate surface area is 223 Å². The molecule has 0 saturated heterocycles. The van der Waals surface area contributed by atoms with Crippen molar-refractivity contribution in [1.29, 1.82) is 0 Å². The van der Waals surface area contributed by atoms with Crippen molar-refractivity contribution in [3.63, 3.8) is 0 Å². The number of aliphatic carboxylic acids is 1. The van der Waals surface area contributed by atoms with Crippen LogP contribution in [-0.2, 0) is 19.1 Å². The second kappa shape index (κ2) is 8.18. The van der Waals surface area contributed by atoms with Gasteiger partial charge in [-0.25, -0.2) is 0 Å². The van der Waals surface area contributed by atoms with Gasteiger partial charge in [-0.05, 0) is 102 Å². The highest BCUT2D eigenvalue weighted by molar-refractivity contribution is 6.05. The molecule has 5 rings (SSSR count). The number of fused-ring (bicyclic) bond motifs is 7. The summed E-state index contributed by atoms with van der Waals surface area (Å²) in [7, 11) is 0. The molecule has 0 aromatic carbocycles. The molecule has 0 amide bonds. The SMILES string of the molecule is CC(=O)OC1CC[C@]2(C)[C@H]3CC[C@@H]4C5=C(C(C)C)C(=O)C[C@]5(C(=O)O)CC[C@@]4(C)[C@]3(C)CC[C@H]2C1(C)C. The van der Waals surface area contributed by atoms with E-state index < -0.39 is 11.4 Å². The van der Waals surface area contributed by atoms with Crippen LogP contribution in [0.1, 0.15) is 113 Å². The predicted octanol–water partition coefficient (Wildman–Crippen LogP) is 6.98. The summed E-state index contributed by atoms with van der Waals surface area (Å²) in [5.41, 5.74) is 0.992. The first-order valence-corrected chi connectivity index (χ1v) is 14.7. The number of carbonyl (C=O) groups is 3. The fourth-order valence-electron chi connectivity index (χ4n) is 11.3. The second-order valence-corrected chi connectivity index (χ2v) is 15.0. The summed E-state index contributed by atoms with van der Waals surface area (Å²) < 4.78 is 5.86. The van der Waals surface area contributed by atoms with E-state index in [2.05, 4.69) is 48.5 Å². The first-order valence-electron chi connectivity index (χ1n) is 14.7. The molecule has 1 unspecified atom stereocenters. The number of allylic oxidation sites excluding steroid dienone is 1. The van der Waals surface area contributed by atoms with Crippen molar-refractivity contribution in [1.82, 2.24) is 0 Å². The Bertz CT molecular complexity index is 1070. The minimum Gasteiger partial charge on any atom is -0.481 e. The van der Waals surface area contributed by atoms with Gasteiger partial charge in [-0.3, -0.25) is 14.4 Å². The zero-order valence-corrected chi connectivity index (χ0v) is 24.3. The molecule has 0 spiro atoms. The van der Waals surface area contributed by atoms with Crippen molar-refractivity contribution in [2.75, 3.05) is 0 Å². The monoisotopic (exact) mass is 512 g/mol. The Morgan fingerprint density at radius 1 is 0.892 bits per heavy atom. The molecule has 0 aromatic heterocycles. The first kappa shape index (κ1) is 26.9. The molecule has 1 N–H and O–H groups in total. The summed E-state index contributed by atoms with van der Waals surface area (Å²) >= 11 is 0. The summed E-state index contributed by atoms with van der Waals surface area (Å²) in [5.74, 6) is 0.341. The van der Waals surface area contributed by atoms with Crippen LogP contribution in [0.25, 0.3) is 0 Å². The third-order valence-corrected chi connectivity index (χ3v) is 13.1. The van der Waals surface area contributed by atoms with Crippen LogP contribution in [0, 0.1) is 50.7 Å². The van der Waals surface area contributed by atoms with E-state index >= 15 is 0 Å². The van der Waals surface area contributed by atoms with Crippen LogP contribution < -0.4 is 0 Å². The molecule has 0 aromatic rings. The Morgan fingerprint density at radius 3 is 2.16 bits per heavy atom. The Kier molecular flexibility index (Phi) is 5.95. The molecule has 0 radical (unpaired) electrons. The van der Waals surface area contributed by atoms with E-state index in [-0.39, 0.29) is 57.8 Å². The smallest absolute Gasteiger partial charge is 0.314 e. The number of rotatable bonds is 3. The van der Waals surface area contributed by atoms with Gasteiger partial charge in [0.25, 0.3) is 0 Å². The third kappa shape index (κ3) is 3.30. The topological polar surface area (TPSA) is 80.7 Å². The minimum absolute atomic E-state index is 0.0280. The summed E-state index contributed by atoms with van der Waals surface area (Å²) in [6.45, 7) is 17.7. The van der Waals surface area contributed by atoms with Crippen molar-refractivity contribution in [2.24, 2.45) is 50.7 Å². The molecule has 37 heavy (non-hydrogen) atoms. The average Bonchev–Trinajstić information content (AvgIpc) is 3.09. The number of carboxylic acid groups (broad SMARTS) is 1. The molecular weight excluding hydrogens is 464 g/mol. The number of carbonyl (C=O) groups excluding carboxylic acids is 2. The van der Waals surface area contributed by atoms with Crippen LogP contribution >= 0.6 is 0 Å².